The molecular weight excluding hydrogens is 565 g/mol. The minimum absolute atomic E-state index is 0.171. The number of nitrogens with one attached hydrogen (secondary N) is 2. The second-order valence-electron chi connectivity index (χ2n) is 11.1. The van der Waals surface area contributed by atoms with E-state index in [1.165, 1.54) is 48.5 Å². The number of anilines is 1. The van der Waals surface area contributed by atoms with Crippen molar-refractivity contribution in [3.8, 4) is 0 Å². The average Bonchev–Trinajstić information content (AvgIpc) is 3.79. The normalized spacial score (nSPS) is 20.4. The Morgan fingerprint density at radius 3 is 2.21 bits per heavy atom. The van der Waals surface area contributed by atoms with Gasteiger partial charge in [-0.3, -0.25) is 4.79 Å². The van der Waals surface area contributed by atoms with Crippen molar-refractivity contribution in [2.45, 2.75) is 61.9 Å². The van der Waals surface area contributed by atoms with Gasteiger partial charge in [0.05, 0.1) is 11.3 Å². The van der Waals surface area contributed by atoms with Crippen LogP contribution in [0.2, 0.25) is 0 Å². The number of piperazine rings is 1. The van der Waals surface area contributed by atoms with Gasteiger partial charge >= 0.3 is 0 Å². The number of halogens is 3. The Kier molecular flexibility index (Phi) is 9.03. The van der Waals surface area contributed by atoms with Crippen LogP contribution in [-0.4, -0.2) is 55.1 Å². The lowest BCUT2D eigenvalue weighted by atomic mass is 9.84. The third kappa shape index (κ3) is 6.54. The van der Waals surface area contributed by atoms with Crippen molar-refractivity contribution >= 4 is 21.6 Å². The molecule has 1 aliphatic heterocycles. The molecule has 4 N–H and O–H groups in total. The number of carbonyl (C=O) groups excluding carboxylic acids is 1. The average molecular weight is 601 g/mol. The summed E-state index contributed by atoms with van der Waals surface area (Å²) in [6.07, 6.45) is 1.82. The fourth-order valence-corrected chi connectivity index (χ4v) is 8.09. The van der Waals surface area contributed by atoms with Gasteiger partial charge in [0.1, 0.15) is 17.5 Å². The van der Waals surface area contributed by atoms with Crippen LogP contribution in [0.25, 0.3) is 0 Å². The number of sulfonamides is 1. The van der Waals surface area contributed by atoms with Crippen LogP contribution >= 0.6 is 0 Å². The molecule has 0 bridgehead atoms. The molecule has 0 spiro atoms. The molecule has 1 saturated heterocycles. The van der Waals surface area contributed by atoms with Gasteiger partial charge in [0.2, 0.25) is 15.9 Å². The third-order valence-corrected chi connectivity index (χ3v) is 10.6. The summed E-state index contributed by atoms with van der Waals surface area (Å²) in [5.74, 6) is -3.14. The summed E-state index contributed by atoms with van der Waals surface area (Å²) in [6, 6.07) is 13.7. The lowest BCUT2D eigenvalue weighted by Crippen LogP contribution is -2.59. The molecular formula is C31H35F3N4O3S. The zero-order valence-electron chi connectivity index (χ0n) is 23.3. The summed E-state index contributed by atoms with van der Waals surface area (Å²) in [4.78, 5) is 13.5. The van der Waals surface area contributed by atoms with Gasteiger partial charge in [-0.2, -0.15) is 4.31 Å². The van der Waals surface area contributed by atoms with E-state index in [-0.39, 0.29) is 35.0 Å². The van der Waals surface area contributed by atoms with E-state index in [1.54, 1.807) is 22.5 Å². The van der Waals surface area contributed by atoms with Gasteiger partial charge < -0.3 is 16.4 Å². The standard InChI is InChI=1S/C31H35F3N4O3S/c1-19-17-36-18-24(38(19)42(40,41)25-12-13-25)11-14-26-27(34)9-4-10-28(26)37-31(39)30(35)29(20-5-2-7-22(32)15-20)21-6-3-8-23(33)16-21/h2-10,15-16,19,24-25,29-30,36H,11-14,17-18,35H2,1H3,(H,37,39)/t19-,24+,30+/m1/s1. The van der Waals surface area contributed by atoms with E-state index in [2.05, 4.69) is 10.6 Å². The Hall–Kier alpha value is -3.25. The summed E-state index contributed by atoms with van der Waals surface area (Å²) in [6.45, 7) is 2.85. The Bertz CT molecular complexity index is 1500. The molecule has 3 atom stereocenters. The maximum atomic E-state index is 15.2. The zero-order valence-corrected chi connectivity index (χ0v) is 24.1. The van der Waals surface area contributed by atoms with Crippen LogP contribution in [0.3, 0.4) is 0 Å². The Morgan fingerprint density at radius 2 is 1.62 bits per heavy atom. The van der Waals surface area contributed by atoms with E-state index >= 15 is 4.39 Å². The maximum Gasteiger partial charge on any atom is 0.242 e. The molecule has 7 nitrogen and oxygen atoms in total. The Morgan fingerprint density at radius 1 is 1.00 bits per heavy atom. The minimum atomic E-state index is -3.45. The first-order chi connectivity index (χ1) is 20.1. The van der Waals surface area contributed by atoms with Crippen molar-refractivity contribution in [2.24, 2.45) is 5.73 Å². The lowest BCUT2D eigenvalue weighted by Gasteiger charge is -2.40. The predicted molar refractivity (Wildman–Crippen MR) is 156 cm³/mol. The topological polar surface area (TPSA) is 105 Å². The van der Waals surface area contributed by atoms with E-state index in [0.717, 1.165) is 0 Å². The molecule has 42 heavy (non-hydrogen) atoms. The van der Waals surface area contributed by atoms with E-state index in [4.69, 9.17) is 5.73 Å². The number of carbonyl (C=O) groups is 1. The van der Waals surface area contributed by atoms with Crippen LogP contribution in [0.4, 0.5) is 18.9 Å². The molecule has 0 aromatic heterocycles. The highest BCUT2D eigenvalue weighted by atomic mass is 32.2. The van der Waals surface area contributed by atoms with Gasteiger partial charge in [0.25, 0.3) is 0 Å². The first-order valence-corrected chi connectivity index (χ1v) is 15.6. The SMILES string of the molecule is C[C@@H]1CNC[C@H](CCc2c(F)cccc2NC(=O)[C@@H](N)C(c2cccc(F)c2)c2cccc(F)c2)N1S(=O)(=O)C1CC1. The van der Waals surface area contributed by atoms with Crippen molar-refractivity contribution in [3.05, 3.63) is 101 Å². The van der Waals surface area contributed by atoms with Crippen molar-refractivity contribution in [1.29, 1.82) is 0 Å². The number of rotatable bonds is 10. The molecule has 11 heteroatoms. The second-order valence-corrected chi connectivity index (χ2v) is 13.3. The van der Waals surface area contributed by atoms with Gasteiger partial charge in [-0.1, -0.05) is 30.3 Å². The number of hydrogen-bond acceptors (Lipinski definition) is 5. The van der Waals surface area contributed by atoms with E-state index < -0.39 is 45.3 Å². The van der Waals surface area contributed by atoms with Crippen molar-refractivity contribution in [1.82, 2.24) is 9.62 Å². The van der Waals surface area contributed by atoms with Crippen LogP contribution in [0.15, 0.2) is 66.7 Å². The second kappa shape index (κ2) is 12.5. The molecule has 1 heterocycles. The first kappa shape index (κ1) is 30.2. The smallest absolute Gasteiger partial charge is 0.242 e. The lowest BCUT2D eigenvalue weighted by molar-refractivity contribution is -0.117. The van der Waals surface area contributed by atoms with Crippen molar-refractivity contribution in [2.75, 3.05) is 18.4 Å². The number of nitrogens with two attached hydrogens (primary N) is 1. The van der Waals surface area contributed by atoms with Crippen LogP contribution in [0.5, 0.6) is 0 Å². The molecule has 2 aliphatic rings. The minimum Gasteiger partial charge on any atom is -0.324 e. The molecule has 0 radical (unpaired) electrons. The van der Waals surface area contributed by atoms with Crippen LogP contribution in [0.1, 0.15) is 48.8 Å². The quantitative estimate of drug-likeness (QED) is 0.322. The molecule has 1 amide bonds. The molecule has 1 aliphatic carbocycles. The molecule has 0 unspecified atom stereocenters. The van der Waals surface area contributed by atoms with Gasteiger partial charge in [0.15, 0.2) is 0 Å². The highest BCUT2D eigenvalue weighted by molar-refractivity contribution is 7.90. The zero-order chi connectivity index (χ0) is 30.0. The summed E-state index contributed by atoms with van der Waals surface area (Å²) in [7, 11) is -3.45. The van der Waals surface area contributed by atoms with Gasteiger partial charge in [0, 0.05) is 42.3 Å². The number of nitrogens with zero attached hydrogens (tertiary/aromatic N) is 1. The molecule has 5 rings (SSSR count). The molecule has 2 fully saturated rings. The third-order valence-electron chi connectivity index (χ3n) is 8.04. The molecule has 3 aromatic carbocycles. The summed E-state index contributed by atoms with van der Waals surface area (Å²) >= 11 is 0. The van der Waals surface area contributed by atoms with Gasteiger partial charge in [-0.05, 0) is 80.1 Å². The van der Waals surface area contributed by atoms with E-state index in [9.17, 15) is 22.0 Å². The molecule has 3 aromatic rings. The van der Waals surface area contributed by atoms with Crippen LogP contribution in [-0.2, 0) is 21.2 Å². The van der Waals surface area contributed by atoms with Gasteiger partial charge in [-0.25, -0.2) is 21.6 Å². The fourth-order valence-electron chi connectivity index (χ4n) is 5.84. The fraction of sp³-hybridized carbons (Fsp3) is 0.387. The first-order valence-electron chi connectivity index (χ1n) is 14.1. The maximum absolute atomic E-state index is 15.2. The number of benzene rings is 3. The Labute approximate surface area is 244 Å². The number of hydrogen-bond donors (Lipinski definition) is 3. The summed E-state index contributed by atoms with van der Waals surface area (Å²) in [5.41, 5.74) is 7.65. The van der Waals surface area contributed by atoms with Crippen LogP contribution < -0.4 is 16.4 Å². The van der Waals surface area contributed by atoms with Crippen molar-refractivity contribution < 1.29 is 26.4 Å². The van der Waals surface area contributed by atoms with Gasteiger partial charge in [-0.15, -0.1) is 0 Å². The monoisotopic (exact) mass is 600 g/mol. The highest BCUT2D eigenvalue weighted by Crippen LogP contribution is 2.35. The molecule has 1 saturated carbocycles. The summed E-state index contributed by atoms with van der Waals surface area (Å²) < 4.78 is 71.4. The molecule has 224 valence electrons. The van der Waals surface area contributed by atoms with Crippen molar-refractivity contribution in [3.63, 3.8) is 0 Å². The Balaban J connectivity index is 1.37. The van der Waals surface area contributed by atoms with E-state index in [0.29, 0.717) is 43.5 Å². The summed E-state index contributed by atoms with van der Waals surface area (Å²) in [5, 5.41) is 5.65. The van der Waals surface area contributed by atoms with Crippen LogP contribution in [0, 0.1) is 17.5 Å². The largest absolute Gasteiger partial charge is 0.324 e. The van der Waals surface area contributed by atoms with E-state index in [1.807, 2.05) is 6.92 Å². The number of amides is 1. The highest BCUT2D eigenvalue weighted by Gasteiger charge is 2.45. The predicted octanol–water partition coefficient (Wildman–Crippen LogP) is 4.29.